The van der Waals surface area contributed by atoms with E-state index >= 15 is 0 Å². The van der Waals surface area contributed by atoms with Crippen LogP contribution in [0.2, 0.25) is 0 Å². The second-order valence-electron chi connectivity index (χ2n) is 2.52. The van der Waals surface area contributed by atoms with Gasteiger partial charge in [0.05, 0.1) is 5.01 Å². The van der Waals surface area contributed by atoms with Gasteiger partial charge in [-0.15, -0.1) is 17.8 Å². The maximum absolute atomic E-state index is 5.37. The molecular formula is C9H12N2S. The molecule has 0 amide bonds. The molecule has 3 heteroatoms. The number of rotatable bonds is 4. The third-order valence-electron chi connectivity index (χ3n) is 1.54. The maximum atomic E-state index is 5.37. The minimum absolute atomic E-state index is 0.753. The molecule has 0 saturated carbocycles. The Morgan fingerprint density at radius 3 is 3.00 bits per heavy atom. The Morgan fingerprint density at radius 2 is 2.42 bits per heavy atom. The molecule has 0 radical (unpaired) electrons. The van der Waals surface area contributed by atoms with E-state index in [2.05, 4.69) is 10.9 Å². The molecule has 1 heterocycles. The van der Waals surface area contributed by atoms with Crippen LogP contribution in [0.15, 0.2) is 5.38 Å². The number of nitrogens with two attached hydrogens (primary N) is 1. The van der Waals surface area contributed by atoms with E-state index in [-0.39, 0.29) is 0 Å². The molecule has 0 aromatic carbocycles. The molecule has 0 fully saturated rings. The standard InChI is InChI=1S/C9H12N2S/c1-2-8-7-12-9(11-8)5-3-4-6-10/h1,7H,3-6,10H2. The molecule has 2 nitrogen and oxygen atoms in total. The summed E-state index contributed by atoms with van der Waals surface area (Å²) in [7, 11) is 0. The van der Waals surface area contributed by atoms with Crippen LogP contribution < -0.4 is 5.73 Å². The van der Waals surface area contributed by atoms with Gasteiger partial charge in [-0.3, -0.25) is 0 Å². The first kappa shape index (κ1) is 9.24. The van der Waals surface area contributed by atoms with Crippen molar-refractivity contribution in [2.45, 2.75) is 19.3 Å². The Bertz CT molecular complexity index is 272. The van der Waals surface area contributed by atoms with E-state index < -0.39 is 0 Å². The van der Waals surface area contributed by atoms with Crippen molar-refractivity contribution in [3.8, 4) is 12.3 Å². The molecule has 2 N–H and O–H groups in total. The number of aromatic nitrogens is 1. The first-order valence-corrected chi connectivity index (χ1v) is 4.86. The highest BCUT2D eigenvalue weighted by molar-refractivity contribution is 7.09. The van der Waals surface area contributed by atoms with Crippen LogP contribution in [0.25, 0.3) is 0 Å². The van der Waals surface area contributed by atoms with Crippen molar-refractivity contribution in [3.05, 3.63) is 16.1 Å². The van der Waals surface area contributed by atoms with Crippen molar-refractivity contribution >= 4 is 11.3 Å². The summed E-state index contributed by atoms with van der Waals surface area (Å²) in [5.74, 6) is 2.51. The molecule has 1 aromatic rings. The second-order valence-corrected chi connectivity index (χ2v) is 3.46. The van der Waals surface area contributed by atoms with Gasteiger partial charge in [-0.25, -0.2) is 4.98 Å². The minimum atomic E-state index is 0.753. The fraction of sp³-hybridized carbons (Fsp3) is 0.444. The van der Waals surface area contributed by atoms with Crippen LogP contribution in [0, 0.1) is 12.3 Å². The van der Waals surface area contributed by atoms with Crippen molar-refractivity contribution in [3.63, 3.8) is 0 Å². The van der Waals surface area contributed by atoms with Gasteiger partial charge in [0.1, 0.15) is 5.69 Å². The summed E-state index contributed by atoms with van der Waals surface area (Å²) in [6, 6.07) is 0. The predicted molar refractivity (Wildman–Crippen MR) is 52.0 cm³/mol. The third-order valence-corrected chi connectivity index (χ3v) is 2.45. The van der Waals surface area contributed by atoms with E-state index in [0.29, 0.717) is 0 Å². The number of aryl methyl sites for hydroxylation is 1. The summed E-state index contributed by atoms with van der Waals surface area (Å²) in [5, 5.41) is 3.04. The number of hydrogen-bond donors (Lipinski definition) is 1. The zero-order valence-corrected chi connectivity index (χ0v) is 7.73. The van der Waals surface area contributed by atoms with Gasteiger partial charge in [-0.1, -0.05) is 0 Å². The highest BCUT2D eigenvalue weighted by Crippen LogP contribution is 2.11. The first-order chi connectivity index (χ1) is 5.86. The largest absolute Gasteiger partial charge is 0.330 e. The Labute approximate surface area is 76.8 Å². The smallest absolute Gasteiger partial charge is 0.124 e. The van der Waals surface area contributed by atoms with Gasteiger partial charge in [0.15, 0.2) is 0 Å². The molecular weight excluding hydrogens is 168 g/mol. The van der Waals surface area contributed by atoms with Crippen molar-refractivity contribution in [2.75, 3.05) is 6.54 Å². The van der Waals surface area contributed by atoms with Crippen molar-refractivity contribution in [2.24, 2.45) is 5.73 Å². The molecule has 12 heavy (non-hydrogen) atoms. The number of thiazole rings is 1. The Kier molecular flexibility index (Phi) is 3.78. The number of unbranched alkanes of at least 4 members (excludes halogenated alkanes) is 1. The number of nitrogens with zero attached hydrogens (tertiary/aromatic N) is 1. The Balaban J connectivity index is 2.38. The van der Waals surface area contributed by atoms with Crippen molar-refractivity contribution in [1.82, 2.24) is 4.98 Å². The fourth-order valence-electron chi connectivity index (χ4n) is 0.913. The summed E-state index contributed by atoms with van der Waals surface area (Å²) in [6.45, 7) is 0.757. The van der Waals surface area contributed by atoms with E-state index in [0.717, 1.165) is 36.5 Å². The molecule has 0 saturated heterocycles. The van der Waals surface area contributed by atoms with Crippen LogP contribution in [-0.2, 0) is 6.42 Å². The summed E-state index contributed by atoms with van der Waals surface area (Å²) >= 11 is 1.63. The monoisotopic (exact) mass is 180 g/mol. The Hall–Kier alpha value is -0.850. The third kappa shape index (κ3) is 2.65. The lowest BCUT2D eigenvalue weighted by molar-refractivity contribution is 0.741. The molecule has 0 aliphatic heterocycles. The number of terminal acetylenes is 1. The zero-order chi connectivity index (χ0) is 8.81. The molecule has 1 rings (SSSR count). The van der Waals surface area contributed by atoms with Crippen LogP contribution >= 0.6 is 11.3 Å². The molecule has 0 aliphatic rings. The van der Waals surface area contributed by atoms with Crippen LogP contribution in [0.1, 0.15) is 23.5 Å². The van der Waals surface area contributed by atoms with E-state index in [1.54, 1.807) is 11.3 Å². The van der Waals surface area contributed by atoms with Gasteiger partial charge in [-0.05, 0) is 31.7 Å². The zero-order valence-electron chi connectivity index (χ0n) is 6.92. The van der Waals surface area contributed by atoms with Crippen molar-refractivity contribution < 1.29 is 0 Å². The van der Waals surface area contributed by atoms with Crippen LogP contribution in [-0.4, -0.2) is 11.5 Å². The predicted octanol–water partition coefficient (Wildman–Crippen LogP) is 1.41. The van der Waals surface area contributed by atoms with Gasteiger partial charge in [0, 0.05) is 5.38 Å². The fourth-order valence-corrected chi connectivity index (χ4v) is 1.69. The number of hydrogen-bond acceptors (Lipinski definition) is 3. The van der Waals surface area contributed by atoms with Crippen LogP contribution in [0.3, 0.4) is 0 Å². The van der Waals surface area contributed by atoms with Gasteiger partial charge in [-0.2, -0.15) is 0 Å². The van der Waals surface area contributed by atoms with E-state index in [1.807, 2.05) is 5.38 Å². The van der Waals surface area contributed by atoms with Gasteiger partial charge >= 0.3 is 0 Å². The highest BCUT2D eigenvalue weighted by Gasteiger charge is 1.98. The first-order valence-electron chi connectivity index (χ1n) is 3.98. The quantitative estimate of drug-likeness (QED) is 0.562. The average Bonchev–Trinajstić information content (AvgIpc) is 2.53. The lowest BCUT2D eigenvalue weighted by atomic mass is 10.2. The van der Waals surface area contributed by atoms with E-state index in [1.165, 1.54) is 0 Å². The van der Waals surface area contributed by atoms with Crippen molar-refractivity contribution in [1.29, 1.82) is 0 Å². The summed E-state index contributed by atoms with van der Waals surface area (Å²) in [6.07, 6.45) is 8.36. The minimum Gasteiger partial charge on any atom is -0.330 e. The summed E-state index contributed by atoms with van der Waals surface area (Å²) < 4.78 is 0. The van der Waals surface area contributed by atoms with Gasteiger partial charge in [0.25, 0.3) is 0 Å². The Morgan fingerprint density at radius 1 is 1.58 bits per heavy atom. The molecule has 0 aliphatic carbocycles. The molecule has 0 spiro atoms. The normalized spacial score (nSPS) is 9.67. The lowest BCUT2D eigenvalue weighted by Gasteiger charge is -1.92. The lowest BCUT2D eigenvalue weighted by Crippen LogP contribution is -1.98. The molecule has 0 atom stereocenters. The van der Waals surface area contributed by atoms with E-state index in [9.17, 15) is 0 Å². The molecule has 64 valence electrons. The SMILES string of the molecule is C#Cc1csc(CCCCN)n1. The molecule has 0 unspecified atom stereocenters. The average molecular weight is 180 g/mol. The highest BCUT2D eigenvalue weighted by atomic mass is 32.1. The second kappa shape index (κ2) is 4.91. The maximum Gasteiger partial charge on any atom is 0.124 e. The van der Waals surface area contributed by atoms with Gasteiger partial charge < -0.3 is 5.73 Å². The van der Waals surface area contributed by atoms with Gasteiger partial charge in [0.2, 0.25) is 0 Å². The summed E-state index contributed by atoms with van der Waals surface area (Å²) in [4.78, 5) is 4.24. The van der Waals surface area contributed by atoms with E-state index in [4.69, 9.17) is 12.2 Å². The van der Waals surface area contributed by atoms with Crippen LogP contribution in [0.4, 0.5) is 0 Å². The molecule has 0 bridgehead atoms. The molecule has 1 aromatic heterocycles. The topological polar surface area (TPSA) is 38.9 Å². The van der Waals surface area contributed by atoms with Crippen LogP contribution in [0.5, 0.6) is 0 Å². The summed E-state index contributed by atoms with van der Waals surface area (Å²) in [5.41, 5.74) is 6.13.